The van der Waals surface area contributed by atoms with E-state index in [9.17, 15) is 18.0 Å². The van der Waals surface area contributed by atoms with E-state index in [0.29, 0.717) is 5.69 Å². The van der Waals surface area contributed by atoms with Crippen LogP contribution in [0.3, 0.4) is 0 Å². The number of nitrogens with zero attached hydrogens (tertiary/aromatic N) is 2. The average Bonchev–Trinajstić information content (AvgIpc) is 2.43. The van der Waals surface area contributed by atoms with Crippen LogP contribution in [0.4, 0.5) is 13.2 Å². The Kier molecular flexibility index (Phi) is 3.01. The number of aryl methyl sites for hydroxylation is 1. The number of rotatable bonds is 2. The molecule has 0 fully saturated rings. The van der Waals surface area contributed by atoms with Crippen molar-refractivity contribution in [2.75, 3.05) is 6.54 Å². The minimum absolute atomic E-state index is 0.154. The summed E-state index contributed by atoms with van der Waals surface area (Å²) in [5.74, 6) is -0.766. The van der Waals surface area contributed by atoms with Gasteiger partial charge >= 0.3 is 6.18 Å². The average molecular weight is 221 g/mol. The van der Waals surface area contributed by atoms with E-state index in [1.165, 1.54) is 10.9 Å². The van der Waals surface area contributed by atoms with Crippen molar-refractivity contribution in [3.63, 3.8) is 0 Å². The molecule has 0 aromatic carbocycles. The van der Waals surface area contributed by atoms with Crippen molar-refractivity contribution in [3.05, 3.63) is 17.5 Å². The molecule has 1 aromatic rings. The van der Waals surface area contributed by atoms with Gasteiger partial charge in [-0.3, -0.25) is 9.48 Å². The molecule has 7 heteroatoms. The summed E-state index contributed by atoms with van der Waals surface area (Å²) in [5, 5.41) is 5.53. The number of nitrogens with one attached hydrogen (secondary N) is 1. The lowest BCUT2D eigenvalue weighted by Crippen LogP contribution is -2.33. The molecule has 0 bridgehead atoms. The molecule has 1 aromatic heterocycles. The van der Waals surface area contributed by atoms with Gasteiger partial charge in [0.1, 0.15) is 6.54 Å². The van der Waals surface area contributed by atoms with Crippen molar-refractivity contribution >= 4 is 5.91 Å². The Labute approximate surface area is 84.1 Å². The van der Waals surface area contributed by atoms with Gasteiger partial charge in [-0.25, -0.2) is 0 Å². The van der Waals surface area contributed by atoms with Gasteiger partial charge in [0.15, 0.2) is 0 Å². The number of carbonyl (C=O) groups excluding carboxylic acids is 1. The number of amides is 1. The number of hydrogen-bond acceptors (Lipinski definition) is 2. The van der Waals surface area contributed by atoms with E-state index >= 15 is 0 Å². The first kappa shape index (κ1) is 11.5. The van der Waals surface area contributed by atoms with Crippen molar-refractivity contribution in [2.45, 2.75) is 13.1 Å². The maximum absolute atomic E-state index is 11.8. The number of aromatic nitrogens is 2. The summed E-state index contributed by atoms with van der Waals surface area (Å²) in [7, 11) is 1.61. The van der Waals surface area contributed by atoms with Crippen LogP contribution in [0.2, 0.25) is 0 Å². The van der Waals surface area contributed by atoms with Crippen molar-refractivity contribution in [1.82, 2.24) is 15.1 Å². The molecule has 1 amide bonds. The van der Waals surface area contributed by atoms with Crippen molar-refractivity contribution in [3.8, 4) is 0 Å². The van der Waals surface area contributed by atoms with Crippen LogP contribution in [0.5, 0.6) is 0 Å². The Morgan fingerprint density at radius 1 is 1.60 bits per heavy atom. The monoisotopic (exact) mass is 221 g/mol. The fraction of sp³-hybridized carbons (Fsp3) is 0.500. The van der Waals surface area contributed by atoms with Crippen LogP contribution in [-0.2, 0) is 7.05 Å². The number of alkyl halides is 3. The molecule has 0 unspecified atom stereocenters. The van der Waals surface area contributed by atoms with Crippen LogP contribution in [0, 0.1) is 6.92 Å². The molecular weight excluding hydrogens is 211 g/mol. The number of halogens is 3. The zero-order valence-corrected chi connectivity index (χ0v) is 8.22. The van der Waals surface area contributed by atoms with Gasteiger partial charge in [0.25, 0.3) is 5.91 Å². The van der Waals surface area contributed by atoms with Crippen molar-refractivity contribution in [2.24, 2.45) is 7.05 Å². The molecule has 0 saturated heterocycles. The summed E-state index contributed by atoms with van der Waals surface area (Å²) in [6.45, 7) is 0.273. The normalized spacial score (nSPS) is 11.5. The van der Waals surface area contributed by atoms with E-state index in [-0.39, 0.29) is 5.56 Å². The molecule has 0 aliphatic carbocycles. The molecule has 0 aliphatic heterocycles. The minimum Gasteiger partial charge on any atom is -0.343 e. The van der Waals surface area contributed by atoms with E-state index in [1.54, 1.807) is 19.3 Å². The first-order chi connectivity index (χ1) is 6.81. The summed E-state index contributed by atoms with van der Waals surface area (Å²) in [6.07, 6.45) is -3.16. The highest BCUT2D eigenvalue weighted by molar-refractivity contribution is 5.95. The lowest BCUT2D eigenvalue weighted by molar-refractivity contribution is -0.123. The summed E-state index contributed by atoms with van der Waals surface area (Å²) >= 11 is 0. The minimum atomic E-state index is -4.40. The SMILES string of the molecule is Cc1c(C(=O)NCC(F)(F)F)cnn1C. The Morgan fingerprint density at radius 3 is 2.60 bits per heavy atom. The predicted octanol–water partition coefficient (Wildman–Crippen LogP) is 1.02. The van der Waals surface area contributed by atoms with Gasteiger partial charge in [-0.1, -0.05) is 0 Å². The van der Waals surface area contributed by atoms with E-state index in [0.717, 1.165) is 0 Å². The predicted molar refractivity (Wildman–Crippen MR) is 46.3 cm³/mol. The van der Waals surface area contributed by atoms with E-state index in [4.69, 9.17) is 0 Å². The van der Waals surface area contributed by atoms with Crippen LogP contribution in [0.1, 0.15) is 16.1 Å². The van der Waals surface area contributed by atoms with Crippen LogP contribution in [-0.4, -0.2) is 28.4 Å². The zero-order valence-electron chi connectivity index (χ0n) is 8.22. The summed E-state index contributed by atoms with van der Waals surface area (Å²) in [6, 6.07) is 0. The molecule has 15 heavy (non-hydrogen) atoms. The van der Waals surface area contributed by atoms with Crippen molar-refractivity contribution in [1.29, 1.82) is 0 Å². The largest absolute Gasteiger partial charge is 0.405 e. The van der Waals surface area contributed by atoms with E-state index in [1.807, 2.05) is 0 Å². The van der Waals surface area contributed by atoms with Crippen LogP contribution >= 0.6 is 0 Å². The second-order valence-electron chi connectivity index (χ2n) is 3.07. The second kappa shape index (κ2) is 3.92. The van der Waals surface area contributed by atoms with Gasteiger partial charge in [-0.2, -0.15) is 18.3 Å². The third-order valence-corrected chi connectivity index (χ3v) is 1.93. The zero-order chi connectivity index (χ0) is 11.6. The highest BCUT2D eigenvalue weighted by atomic mass is 19.4. The fourth-order valence-electron chi connectivity index (χ4n) is 0.997. The Bertz CT molecular complexity index is 370. The Balaban J connectivity index is 2.66. The quantitative estimate of drug-likeness (QED) is 0.810. The van der Waals surface area contributed by atoms with Crippen LogP contribution in [0.25, 0.3) is 0 Å². The molecule has 0 saturated carbocycles. The maximum Gasteiger partial charge on any atom is 0.405 e. The third kappa shape index (κ3) is 2.97. The molecule has 0 atom stereocenters. The first-order valence-corrected chi connectivity index (χ1v) is 4.15. The van der Waals surface area contributed by atoms with Gasteiger partial charge in [-0.05, 0) is 6.92 Å². The molecule has 0 radical (unpaired) electrons. The molecule has 1 heterocycles. The smallest absolute Gasteiger partial charge is 0.343 e. The Morgan fingerprint density at radius 2 is 2.20 bits per heavy atom. The summed E-state index contributed by atoms with van der Waals surface area (Å²) in [4.78, 5) is 11.3. The molecule has 1 N–H and O–H groups in total. The molecular formula is C8H10F3N3O. The molecule has 4 nitrogen and oxygen atoms in total. The second-order valence-corrected chi connectivity index (χ2v) is 3.07. The van der Waals surface area contributed by atoms with Crippen LogP contribution in [0.15, 0.2) is 6.20 Å². The van der Waals surface area contributed by atoms with Gasteiger partial charge in [-0.15, -0.1) is 0 Å². The highest BCUT2D eigenvalue weighted by Crippen LogP contribution is 2.13. The third-order valence-electron chi connectivity index (χ3n) is 1.93. The van der Waals surface area contributed by atoms with E-state index < -0.39 is 18.6 Å². The van der Waals surface area contributed by atoms with Gasteiger partial charge < -0.3 is 5.32 Å². The number of hydrogen-bond donors (Lipinski definition) is 1. The van der Waals surface area contributed by atoms with Gasteiger partial charge in [0.2, 0.25) is 0 Å². The lowest BCUT2D eigenvalue weighted by Gasteiger charge is -2.07. The van der Waals surface area contributed by atoms with Crippen LogP contribution < -0.4 is 5.32 Å². The molecule has 0 aliphatic rings. The topological polar surface area (TPSA) is 46.9 Å². The standard InChI is InChI=1S/C8H10F3N3O/c1-5-6(3-13-14(5)2)7(15)12-4-8(9,10)11/h3H,4H2,1-2H3,(H,12,15). The summed E-state index contributed by atoms with van der Waals surface area (Å²) in [5.41, 5.74) is 0.677. The molecule has 84 valence electrons. The lowest BCUT2D eigenvalue weighted by atomic mass is 10.2. The molecule has 1 rings (SSSR count). The Hall–Kier alpha value is -1.53. The maximum atomic E-state index is 11.8. The van der Waals surface area contributed by atoms with Gasteiger partial charge in [0.05, 0.1) is 11.8 Å². The molecule has 0 spiro atoms. The van der Waals surface area contributed by atoms with Crippen molar-refractivity contribution < 1.29 is 18.0 Å². The highest BCUT2D eigenvalue weighted by Gasteiger charge is 2.28. The van der Waals surface area contributed by atoms with Gasteiger partial charge in [0, 0.05) is 12.7 Å². The first-order valence-electron chi connectivity index (χ1n) is 4.15. The summed E-state index contributed by atoms with van der Waals surface area (Å²) < 4.78 is 36.8. The van der Waals surface area contributed by atoms with E-state index in [2.05, 4.69) is 5.10 Å². The number of carbonyl (C=O) groups is 1. The fourth-order valence-corrected chi connectivity index (χ4v) is 0.997.